The Morgan fingerprint density at radius 2 is 1.00 bits per heavy atom. The Hall–Kier alpha value is -4.36. The molecule has 0 bridgehead atoms. The molecule has 170 valence electrons. The van der Waals surface area contributed by atoms with Gasteiger partial charge < -0.3 is 4.98 Å². The summed E-state index contributed by atoms with van der Waals surface area (Å²) in [6, 6.07) is 40.1. The molecule has 1 nitrogen and oxygen atoms in total. The molecule has 0 saturated heterocycles. The summed E-state index contributed by atoms with van der Waals surface area (Å²) in [5, 5.41) is 7.78. The highest BCUT2D eigenvalue weighted by atomic mass is 14.7. The molecule has 0 radical (unpaired) electrons. The Bertz CT molecular complexity index is 2020. The second-order valence-electron chi connectivity index (χ2n) is 10.6. The summed E-state index contributed by atoms with van der Waals surface area (Å²) in [5.74, 6) is 0. The molecule has 1 N–H and O–H groups in total. The van der Waals surface area contributed by atoms with E-state index in [0.29, 0.717) is 0 Å². The van der Waals surface area contributed by atoms with Crippen LogP contribution in [-0.4, -0.2) is 4.98 Å². The fourth-order valence-corrected chi connectivity index (χ4v) is 6.77. The fourth-order valence-electron chi connectivity index (χ4n) is 6.77. The monoisotopic (exact) mass is 459 g/mol. The van der Waals surface area contributed by atoms with Crippen molar-refractivity contribution in [1.29, 1.82) is 0 Å². The lowest BCUT2D eigenvalue weighted by Crippen LogP contribution is -2.14. The number of hydrogen-bond acceptors (Lipinski definition) is 0. The molecule has 1 aliphatic carbocycles. The van der Waals surface area contributed by atoms with E-state index in [4.69, 9.17) is 0 Å². The standard InChI is InChI=1S/C35H25N/c1-35(2)29-19-8-7-15-27(29)31-24(16-10-20-30(31)35)26-17-9-18-28-32-23-13-5-3-11-21(23)22-12-4-6-14-25(22)34(32)36-33(26)28/h3-20,36H,1-2H3. The van der Waals surface area contributed by atoms with Crippen LogP contribution in [0.3, 0.4) is 0 Å². The molecule has 0 fully saturated rings. The van der Waals surface area contributed by atoms with Gasteiger partial charge in [0.05, 0.1) is 11.0 Å². The maximum atomic E-state index is 3.92. The van der Waals surface area contributed by atoms with Gasteiger partial charge in [0.15, 0.2) is 0 Å². The zero-order valence-electron chi connectivity index (χ0n) is 20.4. The first-order chi connectivity index (χ1) is 17.6. The number of benzene rings is 6. The van der Waals surface area contributed by atoms with Gasteiger partial charge in [-0.15, -0.1) is 0 Å². The van der Waals surface area contributed by atoms with Gasteiger partial charge in [0.1, 0.15) is 0 Å². The molecule has 1 aliphatic rings. The predicted octanol–water partition coefficient (Wildman–Crippen LogP) is 9.60. The Morgan fingerprint density at radius 3 is 1.83 bits per heavy atom. The van der Waals surface area contributed by atoms with Crippen molar-refractivity contribution in [2.24, 2.45) is 0 Å². The topological polar surface area (TPSA) is 15.8 Å². The van der Waals surface area contributed by atoms with E-state index in [0.717, 1.165) is 0 Å². The average Bonchev–Trinajstić information content (AvgIpc) is 3.43. The highest BCUT2D eigenvalue weighted by Crippen LogP contribution is 2.53. The van der Waals surface area contributed by atoms with Crippen LogP contribution in [-0.2, 0) is 5.41 Å². The maximum absolute atomic E-state index is 3.92. The van der Waals surface area contributed by atoms with Gasteiger partial charge in [-0.2, -0.15) is 0 Å². The zero-order chi connectivity index (χ0) is 24.0. The number of aromatic nitrogens is 1. The van der Waals surface area contributed by atoms with E-state index in [9.17, 15) is 0 Å². The van der Waals surface area contributed by atoms with Gasteiger partial charge in [0.25, 0.3) is 0 Å². The highest BCUT2D eigenvalue weighted by molar-refractivity contribution is 6.32. The first kappa shape index (κ1) is 19.9. The minimum Gasteiger partial charge on any atom is -0.353 e. The van der Waals surface area contributed by atoms with Crippen LogP contribution in [0.5, 0.6) is 0 Å². The number of fused-ring (bicyclic) bond motifs is 11. The van der Waals surface area contributed by atoms with E-state index in [1.807, 2.05) is 0 Å². The number of aromatic amines is 1. The smallest absolute Gasteiger partial charge is 0.0551 e. The average molecular weight is 460 g/mol. The van der Waals surface area contributed by atoms with Gasteiger partial charge in [0.2, 0.25) is 0 Å². The van der Waals surface area contributed by atoms with Gasteiger partial charge >= 0.3 is 0 Å². The molecule has 0 saturated carbocycles. The van der Waals surface area contributed by atoms with Crippen molar-refractivity contribution < 1.29 is 0 Å². The predicted molar refractivity (Wildman–Crippen MR) is 154 cm³/mol. The number of hydrogen-bond donors (Lipinski definition) is 1. The number of nitrogens with one attached hydrogen (secondary N) is 1. The third-order valence-corrected chi connectivity index (χ3v) is 8.41. The zero-order valence-corrected chi connectivity index (χ0v) is 20.4. The summed E-state index contributed by atoms with van der Waals surface area (Å²) in [6.45, 7) is 4.70. The molecule has 6 aromatic carbocycles. The highest BCUT2D eigenvalue weighted by Gasteiger charge is 2.36. The van der Waals surface area contributed by atoms with Crippen LogP contribution < -0.4 is 0 Å². The van der Waals surface area contributed by atoms with Crippen LogP contribution in [0.4, 0.5) is 0 Å². The van der Waals surface area contributed by atoms with Crippen LogP contribution in [0.1, 0.15) is 25.0 Å². The minimum absolute atomic E-state index is 0.0112. The summed E-state index contributed by atoms with van der Waals surface area (Å²) in [5.41, 5.74) is 10.5. The van der Waals surface area contributed by atoms with E-state index in [1.165, 1.54) is 76.7 Å². The molecule has 36 heavy (non-hydrogen) atoms. The molecule has 0 unspecified atom stereocenters. The van der Waals surface area contributed by atoms with Gasteiger partial charge in [0, 0.05) is 27.1 Å². The summed E-state index contributed by atoms with van der Waals surface area (Å²) in [4.78, 5) is 3.92. The van der Waals surface area contributed by atoms with Crippen molar-refractivity contribution in [3.05, 3.63) is 120 Å². The van der Waals surface area contributed by atoms with Gasteiger partial charge in [-0.25, -0.2) is 0 Å². The molecule has 0 aliphatic heterocycles. The molecule has 0 amide bonds. The normalized spacial score (nSPS) is 14.1. The van der Waals surface area contributed by atoms with E-state index < -0.39 is 0 Å². The van der Waals surface area contributed by atoms with E-state index in [2.05, 4.69) is 128 Å². The molecule has 0 atom stereocenters. The molecular formula is C35H25N. The van der Waals surface area contributed by atoms with E-state index in [-0.39, 0.29) is 5.41 Å². The van der Waals surface area contributed by atoms with Gasteiger partial charge in [-0.1, -0.05) is 123 Å². The van der Waals surface area contributed by atoms with Crippen molar-refractivity contribution in [2.45, 2.75) is 19.3 Å². The van der Waals surface area contributed by atoms with Crippen molar-refractivity contribution in [1.82, 2.24) is 4.98 Å². The van der Waals surface area contributed by atoms with Crippen LogP contribution in [0.15, 0.2) is 109 Å². The van der Waals surface area contributed by atoms with Crippen molar-refractivity contribution >= 4 is 43.4 Å². The third kappa shape index (κ3) is 2.40. The lowest BCUT2D eigenvalue weighted by molar-refractivity contribution is 0.660. The molecule has 0 spiro atoms. The molecular weight excluding hydrogens is 434 g/mol. The van der Waals surface area contributed by atoms with Crippen molar-refractivity contribution in [2.75, 3.05) is 0 Å². The van der Waals surface area contributed by atoms with Crippen LogP contribution in [0.25, 0.3) is 65.6 Å². The largest absolute Gasteiger partial charge is 0.353 e. The summed E-state index contributed by atoms with van der Waals surface area (Å²) in [6.07, 6.45) is 0. The van der Waals surface area contributed by atoms with Gasteiger partial charge in [-0.05, 0) is 44.0 Å². The summed E-state index contributed by atoms with van der Waals surface area (Å²) < 4.78 is 0. The Labute approximate surface area is 210 Å². The molecule has 7 aromatic rings. The number of rotatable bonds is 1. The first-order valence-electron chi connectivity index (χ1n) is 12.7. The number of H-pyrrole nitrogens is 1. The number of para-hydroxylation sites is 1. The fraction of sp³-hybridized carbons (Fsp3) is 0.0857. The molecule has 1 heteroatoms. The lowest BCUT2D eigenvalue weighted by atomic mass is 9.82. The second-order valence-corrected chi connectivity index (χ2v) is 10.6. The molecule has 8 rings (SSSR count). The lowest BCUT2D eigenvalue weighted by Gasteiger charge is -2.21. The quantitative estimate of drug-likeness (QED) is 0.235. The Balaban J connectivity index is 1.54. The second kappa shape index (κ2) is 6.86. The summed E-state index contributed by atoms with van der Waals surface area (Å²) >= 11 is 0. The third-order valence-electron chi connectivity index (χ3n) is 8.41. The molecule has 1 heterocycles. The van der Waals surface area contributed by atoms with Gasteiger partial charge in [-0.3, -0.25) is 0 Å². The maximum Gasteiger partial charge on any atom is 0.0551 e. The van der Waals surface area contributed by atoms with E-state index in [1.54, 1.807) is 0 Å². The molecule has 1 aromatic heterocycles. The van der Waals surface area contributed by atoms with E-state index >= 15 is 0 Å². The Kier molecular flexibility index (Phi) is 3.79. The van der Waals surface area contributed by atoms with Crippen LogP contribution in [0.2, 0.25) is 0 Å². The first-order valence-corrected chi connectivity index (χ1v) is 12.7. The van der Waals surface area contributed by atoms with Crippen molar-refractivity contribution in [3.8, 4) is 22.3 Å². The Morgan fingerprint density at radius 1 is 0.444 bits per heavy atom. The summed E-state index contributed by atoms with van der Waals surface area (Å²) in [7, 11) is 0. The van der Waals surface area contributed by atoms with Crippen molar-refractivity contribution in [3.63, 3.8) is 0 Å². The SMILES string of the molecule is CC1(C)c2ccccc2-c2c(-c3cccc4c3[nH]c3c5ccccc5c5ccccc5c43)cccc21. The van der Waals surface area contributed by atoms with Crippen LogP contribution >= 0.6 is 0 Å². The van der Waals surface area contributed by atoms with Crippen LogP contribution in [0, 0.1) is 0 Å². The minimum atomic E-state index is -0.0112.